The lowest BCUT2D eigenvalue weighted by molar-refractivity contribution is -0.112. The number of phenols is 1. The Balaban J connectivity index is 1.55. The summed E-state index contributed by atoms with van der Waals surface area (Å²) in [6.45, 7) is 0.0102. The lowest BCUT2D eigenvalue weighted by Gasteiger charge is -2.28. The molecule has 0 aromatic heterocycles. The Kier molecular flexibility index (Phi) is 4.95. The normalized spacial score (nSPS) is 15.4. The predicted molar refractivity (Wildman–Crippen MR) is 98.2 cm³/mol. The number of fused-ring (bicyclic) bond motifs is 1. The van der Waals surface area contributed by atoms with Crippen LogP contribution < -0.4 is 4.74 Å². The monoisotopic (exact) mass is 380 g/mol. The fourth-order valence-electron chi connectivity index (χ4n) is 3.02. The van der Waals surface area contributed by atoms with Crippen LogP contribution in [0.4, 0.5) is 4.39 Å². The van der Waals surface area contributed by atoms with Crippen molar-refractivity contribution in [2.45, 2.75) is 19.5 Å². The summed E-state index contributed by atoms with van der Waals surface area (Å²) in [5.74, 6) is -0.679. The third-order valence-corrected chi connectivity index (χ3v) is 4.33. The molecule has 0 bridgehead atoms. The van der Waals surface area contributed by atoms with E-state index in [-0.39, 0.29) is 24.5 Å². The minimum atomic E-state index is -0.625. The molecule has 3 aromatic carbocycles. The molecule has 0 saturated carbocycles. The summed E-state index contributed by atoms with van der Waals surface area (Å²) >= 11 is 0. The van der Waals surface area contributed by atoms with Gasteiger partial charge in [0.15, 0.2) is 0 Å². The van der Waals surface area contributed by atoms with E-state index in [1.807, 2.05) is 30.3 Å². The Labute approximate surface area is 160 Å². The van der Waals surface area contributed by atoms with Gasteiger partial charge in [-0.15, -0.1) is 0 Å². The molecular formula is C22H17FO5. The standard InChI is InChI=1S/C22H17FO5/c23-18-9-16(12-26-21(25)15-7-4-8-19(24)11-15)20-17(10-18)13-27-22(28-20)14-5-2-1-3-6-14/h1-11,22,24H,12-13H2. The average Bonchev–Trinajstić information content (AvgIpc) is 2.72. The number of rotatable bonds is 4. The van der Waals surface area contributed by atoms with Gasteiger partial charge >= 0.3 is 5.97 Å². The summed E-state index contributed by atoms with van der Waals surface area (Å²) in [6.07, 6.45) is -0.625. The first-order valence-electron chi connectivity index (χ1n) is 8.71. The van der Waals surface area contributed by atoms with Crippen molar-refractivity contribution in [2.24, 2.45) is 0 Å². The predicted octanol–water partition coefficient (Wildman–Crippen LogP) is 4.50. The van der Waals surface area contributed by atoms with Gasteiger partial charge in [0.25, 0.3) is 0 Å². The molecule has 28 heavy (non-hydrogen) atoms. The third-order valence-electron chi connectivity index (χ3n) is 4.33. The molecule has 1 atom stereocenters. The molecule has 0 radical (unpaired) electrons. The maximum absolute atomic E-state index is 14.0. The van der Waals surface area contributed by atoms with Gasteiger partial charge in [-0.2, -0.15) is 0 Å². The molecule has 3 aromatic rings. The van der Waals surface area contributed by atoms with Crippen LogP contribution in [0.25, 0.3) is 0 Å². The largest absolute Gasteiger partial charge is 0.508 e. The molecule has 0 spiro atoms. The van der Waals surface area contributed by atoms with Gasteiger partial charge in [-0.05, 0) is 30.3 Å². The number of hydrogen-bond acceptors (Lipinski definition) is 5. The Morgan fingerprint density at radius 3 is 2.71 bits per heavy atom. The molecule has 1 aliphatic rings. The molecule has 1 heterocycles. The highest BCUT2D eigenvalue weighted by atomic mass is 19.1. The topological polar surface area (TPSA) is 65.0 Å². The van der Waals surface area contributed by atoms with Crippen molar-refractivity contribution in [1.82, 2.24) is 0 Å². The van der Waals surface area contributed by atoms with Gasteiger partial charge in [0.2, 0.25) is 6.29 Å². The molecule has 1 unspecified atom stereocenters. The summed E-state index contributed by atoms with van der Waals surface area (Å²) in [7, 11) is 0. The number of carbonyl (C=O) groups is 1. The zero-order valence-electron chi connectivity index (χ0n) is 14.8. The maximum atomic E-state index is 14.0. The van der Waals surface area contributed by atoms with E-state index in [1.54, 1.807) is 6.07 Å². The highest BCUT2D eigenvalue weighted by Gasteiger charge is 2.25. The zero-order valence-corrected chi connectivity index (χ0v) is 14.8. The molecule has 0 saturated heterocycles. The van der Waals surface area contributed by atoms with Crippen molar-refractivity contribution in [3.05, 3.63) is 94.8 Å². The number of hydrogen-bond donors (Lipinski definition) is 1. The van der Waals surface area contributed by atoms with Crippen LogP contribution in [0.5, 0.6) is 11.5 Å². The summed E-state index contributed by atoms with van der Waals surface area (Å²) in [5.41, 5.74) is 2.00. The first kappa shape index (κ1) is 18.0. The van der Waals surface area contributed by atoms with E-state index in [4.69, 9.17) is 14.2 Å². The lowest BCUT2D eigenvalue weighted by atomic mass is 10.1. The second kappa shape index (κ2) is 7.70. The van der Waals surface area contributed by atoms with Crippen LogP contribution in [0.2, 0.25) is 0 Å². The van der Waals surface area contributed by atoms with E-state index in [0.717, 1.165) is 5.56 Å². The van der Waals surface area contributed by atoms with E-state index in [9.17, 15) is 14.3 Å². The minimum Gasteiger partial charge on any atom is -0.508 e. The first-order chi connectivity index (χ1) is 13.6. The molecule has 0 aliphatic carbocycles. The smallest absolute Gasteiger partial charge is 0.338 e. The molecule has 0 fully saturated rings. The molecule has 1 N–H and O–H groups in total. The van der Waals surface area contributed by atoms with E-state index >= 15 is 0 Å². The second-order valence-corrected chi connectivity index (χ2v) is 6.35. The van der Waals surface area contributed by atoms with E-state index < -0.39 is 18.1 Å². The molecular weight excluding hydrogens is 363 g/mol. The number of ether oxygens (including phenoxy) is 3. The Bertz CT molecular complexity index is 1000. The molecule has 4 rings (SSSR count). The highest BCUT2D eigenvalue weighted by molar-refractivity contribution is 5.89. The maximum Gasteiger partial charge on any atom is 0.338 e. The minimum absolute atomic E-state index is 0.0382. The van der Waals surface area contributed by atoms with Gasteiger partial charge < -0.3 is 19.3 Å². The van der Waals surface area contributed by atoms with Crippen LogP contribution in [0, 0.1) is 5.82 Å². The summed E-state index contributed by atoms with van der Waals surface area (Å²) < 4.78 is 30.9. The van der Waals surface area contributed by atoms with Crippen LogP contribution in [0.3, 0.4) is 0 Å². The van der Waals surface area contributed by atoms with Crippen molar-refractivity contribution in [3.8, 4) is 11.5 Å². The fourth-order valence-corrected chi connectivity index (χ4v) is 3.02. The fraction of sp³-hybridized carbons (Fsp3) is 0.136. The van der Waals surface area contributed by atoms with Gasteiger partial charge in [-0.25, -0.2) is 9.18 Å². The highest BCUT2D eigenvalue weighted by Crippen LogP contribution is 2.36. The van der Waals surface area contributed by atoms with Gasteiger partial charge in [0, 0.05) is 16.7 Å². The van der Waals surface area contributed by atoms with Crippen molar-refractivity contribution in [3.63, 3.8) is 0 Å². The van der Waals surface area contributed by atoms with Crippen LogP contribution in [0.15, 0.2) is 66.7 Å². The molecule has 6 heteroatoms. The van der Waals surface area contributed by atoms with Crippen molar-refractivity contribution >= 4 is 5.97 Å². The van der Waals surface area contributed by atoms with Crippen LogP contribution >= 0.6 is 0 Å². The van der Waals surface area contributed by atoms with E-state index in [0.29, 0.717) is 16.9 Å². The number of aromatic hydroxyl groups is 1. The molecule has 0 amide bonds. The summed E-state index contributed by atoms with van der Waals surface area (Å²) in [4.78, 5) is 12.2. The van der Waals surface area contributed by atoms with Gasteiger partial charge in [-0.1, -0.05) is 36.4 Å². The number of phenolic OH excluding ortho intramolecular Hbond substituents is 1. The van der Waals surface area contributed by atoms with Gasteiger partial charge in [0.05, 0.1) is 12.2 Å². The number of halogens is 1. The van der Waals surface area contributed by atoms with E-state index in [1.165, 1.54) is 30.3 Å². The first-order valence-corrected chi connectivity index (χ1v) is 8.71. The molecule has 1 aliphatic heterocycles. The Morgan fingerprint density at radius 2 is 1.93 bits per heavy atom. The van der Waals surface area contributed by atoms with E-state index in [2.05, 4.69) is 0 Å². The molecule has 5 nitrogen and oxygen atoms in total. The summed E-state index contributed by atoms with van der Waals surface area (Å²) in [5, 5.41) is 9.49. The molecule has 142 valence electrons. The van der Waals surface area contributed by atoms with Crippen LogP contribution in [0.1, 0.15) is 33.3 Å². The number of benzene rings is 3. The van der Waals surface area contributed by atoms with Crippen LogP contribution in [-0.2, 0) is 22.7 Å². The van der Waals surface area contributed by atoms with Crippen molar-refractivity contribution < 1.29 is 28.5 Å². The van der Waals surface area contributed by atoms with Gasteiger partial charge in [-0.3, -0.25) is 0 Å². The number of carbonyl (C=O) groups excluding carboxylic acids is 1. The quantitative estimate of drug-likeness (QED) is 0.676. The second-order valence-electron chi connectivity index (χ2n) is 6.35. The summed E-state index contributed by atoms with van der Waals surface area (Å²) in [6, 6.07) is 17.8. The Hall–Kier alpha value is -3.38. The zero-order chi connectivity index (χ0) is 19.5. The van der Waals surface area contributed by atoms with Crippen LogP contribution in [-0.4, -0.2) is 11.1 Å². The van der Waals surface area contributed by atoms with Crippen molar-refractivity contribution in [1.29, 1.82) is 0 Å². The Morgan fingerprint density at radius 1 is 1.11 bits per heavy atom. The van der Waals surface area contributed by atoms with Crippen molar-refractivity contribution in [2.75, 3.05) is 0 Å². The average molecular weight is 380 g/mol. The SMILES string of the molecule is O=C(OCc1cc(F)cc2c1OC(c1ccccc1)OC2)c1cccc(O)c1. The van der Waals surface area contributed by atoms with Gasteiger partial charge in [0.1, 0.15) is 23.9 Å². The third kappa shape index (κ3) is 3.82. The lowest BCUT2D eigenvalue weighted by Crippen LogP contribution is -2.20. The number of esters is 1.